The van der Waals surface area contributed by atoms with Crippen molar-refractivity contribution in [3.05, 3.63) is 53.4 Å². The van der Waals surface area contributed by atoms with Crippen LogP contribution in [-0.2, 0) is 0 Å². The average molecular weight is 296 g/mol. The molecule has 0 spiro atoms. The van der Waals surface area contributed by atoms with E-state index in [1.54, 1.807) is 18.6 Å². The van der Waals surface area contributed by atoms with E-state index in [-0.39, 0.29) is 11.8 Å². The first-order valence-corrected chi connectivity index (χ1v) is 7.64. The quantitative estimate of drug-likeness (QED) is 0.854. The van der Waals surface area contributed by atoms with Crippen LogP contribution in [0.2, 0.25) is 0 Å². The summed E-state index contributed by atoms with van der Waals surface area (Å²) in [4.78, 5) is 27.4. The van der Waals surface area contributed by atoms with Gasteiger partial charge in [0.25, 0.3) is 5.91 Å². The highest BCUT2D eigenvalue weighted by Crippen LogP contribution is 2.26. The number of amides is 1. The Balaban J connectivity index is 1.77. The minimum absolute atomic E-state index is 0.0617. The second-order valence-electron chi connectivity index (χ2n) is 5.87. The summed E-state index contributed by atoms with van der Waals surface area (Å²) >= 11 is 0. The highest BCUT2D eigenvalue weighted by atomic mass is 16.2. The molecule has 0 bridgehead atoms. The molecule has 0 aromatic carbocycles. The van der Waals surface area contributed by atoms with Gasteiger partial charge in [0.15, 0.2) is 0 Å². The van der Waals surface area contributed by atoms with Gasteiger partial charge >= 0.3 is 0 Å². The fraction of sp³-hybridized carbons (Fsp3) is 0.412. The predicted octanol–water partition coefficient (Wildman–Crippen LogP) is 2.51. The number of hydrogen-bond acceptors (Lipinski definition) is 4. The van der Waals surface area contributed by atoms with Gasteiger partial charge in [-0.25, -0.2) is 9.97 Å². The van der Waals surface area contributed by atoms with E-state index >= 15 is 0 Å². The second kappa shape index (κ2) is 6.22. The van der Waals surface area contributed by atoms with E-state index in [1.807, 2.05) is 30.9 Å². The molecule has 0 saturated carbocycles. The molecule has 2 aromatic rings. The Morgan fingerprint density at radius 1 is 1.32 bits per heavy atom. The number of pyridine rings is 1. The van der Waals surface area contributed by atoms with Gasteiger partial charge in [0.2, 0.25) is 0 Å². The van der Waals surface area contributed by atoms with Gasteiger partial charge in [-0.05, 0) is 44.4 Å². The number of likely N-dealkylation sites (tertiary alicyclic amines) is 1. The fourth-order valence-electron chi connectivity index (χ4n) is 2.96. The van der Waals surface area contributed by atoms with Gasteiger partial charge in [-0.15, -0.1) is 0 Å². The molecule has 22 heavy (non-hydrogen) atoms. The standard InChI is InChI=1S/C17H20N4O/c1-12-8-15(10-18-9-12)17(22)21-7-3-4-14(11-21)16-5-6-19-13(2)20-16/h5-6,8-10,14H,3-4,7,11H2,1-2H3/t14-/m1/s1. The highest BCUT2D eigenvalue weighted by molar-refractivity contribution is 5.94. The summed E-state index contributed by atoms with van der Waals surface area (Å²) in [6, 6.07) is 3.85. The van der Waals surface area contributed by atoms with Gasteiger partial charge in [0, 0.05) is 43.3 Å². The van der Waals surface area contributed by atoms with Gasteiger partial charge < -0.3 is 4.90 Å². The average Bonchev–Trinajstić information content (AvgIpc) is 2.54. The molecule has 3 heterocycles. The van der Waals surface area contributed by atoms with Crippen molar-refractivity contribution >= 4 is 5.91 Å². The lowest BCUT2D eigenvalue weighted by atomic mass is 9.94. The van der Waals surface area contributed by atoms with Crippen molar-refractivity contribution < 1.29 is 4.79 Å². The Morgan fingerprint density at radius 2 is 2.18 bits per heavy atom. The molecule has 1 fully saturated rings. The Hall–Kier alpha value is -2.30. The summed E-state index contributed by atoms with van der Waals surface area (Å²) in [5.41, 5.74) is 2.71. The molecule has 0 radical (unpaired) electrons. The highest BCUT2D eigenvalue weighted by Gasteiger charge is 2.26. The van der Waals surface area contributed by atoms with E-state index in [0.29, 0.717) is 12.1 Å². The lowest BCUT2D eigenvalue weighted by Gasteiger charge is -2.32. The maximum Gasteiger partial charge on any atom is 0.255 e. The Morgan fingerprint density at radius 3 is 2.95 bits per heavy atom. The molecule has 0 aliphatic carbocycles. The summed E-state index contributed by atoms with van der Waals surface area (Å²) in [7, 11) is 0. The molecule has 0 unspecified atom stereocenters. The smallest absolute Gasteiger partial charge is 0.255 e. The van der Waals surface area contributed by atoms with Crippen LogP contribution in [-0.4, -0.2) is 38.8 Å². The second-order valence-corrected chi connectivity index (χ2v) is 5.87. The van der Waals surface area contributed by atoms with Crippen LogP contribution in [0.25, 0.3) is 0 Å². The van der Waals surface area contributed by atoms with Gasteiger partial charge in [-0.2, -0.15) is 0 Å². The minimum atomic E-state index is 0.0617. The van der Waals surface area contributed by atoms with E-state index in [4.69, 9.17) is 0 Å². The van der Waals surface area contributed by atoms with Crippen molar-refractivity contribution in [1.29, 1.82) is 0 Å². The molecule has 1 saturated heterocycles. The molecular formula is C17H20N4O. The van der Waals surface area contributed by atoms with Crippen molar-refractivity contribution in [2.24, 2.45) is 0 Å². The zero-order valence-electron chi connectivity index (χ0n) is 13.0. The number of carbonyl (C=O) groups is 1. The van der Waals surface area contributed by atoms with E-state index < -0.39 is 0 Å². The van der Waals surface area contributed by atoms with Crippen LogP contribution in [0.5, 0.6) is 0 Å². The molecule has 2 aromatic heterocycles. The zero-order valence-corrected chi connectivity index (χ0v) is 13.0. The van der Waals surface area contributed by atoms with Crippen LogP contribution in [0, 0.1) is 13.8 Å². The first kappa shape index (κ1) is 14.6. The van der Waals surface area contributed by atoms with Crippen LogP contribution < -0.4 is 0 Å². The molecule has 0 N–H and O–H groups in total. The third-order valence-corrected chi connectivity index (χ3v) is 4.05. The van der Waals surface area contributed by atoms with Crippen LogP contribution in [0.15, 0.2) is 30.7 Å². The topological polar surface area (TPSA) is 59.0 Å². The van der Waals surface area contributed by atoms with Crippen molar-refractivity contribution in [1.82, 2.24) is 19.9 Å². The van der Waals surface area contributed by atoms with Crippen molar-refractivity contribution in [2.75, 3.05) is 13.1 Å². The van der Waals surface area contributed by atoms with Crippen molar-refractivity contribution in [2.45, 2.75) is 32.6 Å². The van der Waals surface area contributed by atoms with E-state index in [1.165, 1.54) is 0 Å². The number of rotatable bonds is 2. The number of aromatic nitrogens is 3. The molecule has 5 heteroatoms. The van der Waals surface area contributed by atoms with Crippen LogP contribution in [0.1, 0.15) is 46.2 Å². The fourth-order valence-corrected chi connectivity index (χ4v) is 2.96. The summed E-state index contributed by atoms with van der Waals surface area (Å²) in [6.07, 6.45) is 7.27. The Bertz CT molecular complexity index is 686. The normalized spacial score (nSPS) is 18.3. The predicted molar refractivity (Wildman–Crippen MR) is 83.6 cm³/mol. The summed E-state index contributed by atoms with van der Waals surface area (Å²) in [5.74, 6) is 1.13. The molecule has 5 nitrogen and oxygen atoms in total. The van der Waals surface area contributed by atoms with Gasteiger partial charge in [0.05, 0.1) is 5.56 Å². The molecule has 1 aliphatic rings. The Kier molecular flexibility index (Phi) is 4.13. The van der Waals surface area contributed by atoms with Crippen LogP contribution >= 0.6 is 0 Å². The summed E-state index contributed by atoms with van der Waals surface area (Å²) < 4.78 is 0. The van der Waals surface area contributed by atoms with E-state index in [9.17, 15) is 4.79 Å². The van der Waals surface area contributed by atoms with E-state index in [0.717, 1.165) is 36.5 Å². The molecular weight excluding hydrogens is 276 g/mol. The third-order valence-electron chi connectivity index (χ3n) is 4.05. The SMILES string of the molecule is Cc1cncc(C(=O)N2CCC[C@@H](c3ccnc(C)n3)C2)c1. The first-order valence-electron chi connectivity index (χ1n) is 7.64. The first-order chi connectivity index (χ1) is 10.6. The van der Waals surface area contributed by atoms with E-state index in [2.05, 4.69) is 15.0 Å². The Labute approximate surface area is 130 Å². The number of nitrogens with zero attached hydrogens (tertiary/aromatic N) is 4. The zero-order chi connectivity index (χ0) is 15.5. The number of piperidine rings is 1. The maximum absolute atomic E-state index is 12.6. The minimum Gasteiger partial charge on any atom is -0.338 e. The molecule has 1 aliphatic heterocycles. The third kappa shape index (κ3) is 3.13. The molecule has 1 amide bonds. The number of aryl methyl sites for hydroxylation is 2. The lowest BCUT2D eigenvalue weighted by molar-refractivity contribution is 0.0705. The van der Waals surface area contributed by atoms with Gasteiger partial charge in [0.1, 0.15) is 5.82 Å². The number of carbonyl (C=O) groups excluding carboxylic acids is 1. The van der Waals surface area contributed by atoms with Crippen LogP contribution in [0.3, 0.4) is 0 Å². The van der Waals surface area contributed by atoms with Gasteiger partial charge in [-0.3, -0.25) is 9.78 Å². The molecule has 114 valence electrons. The van der Waals surface area contributed by atoms with Crippen molar-refractivity contribution in [3.8, 4) is 0 Å². The van der Waals surface area contributed by atoms with Crippen molar-refractivity contribution in [3.63, 3.8) is 0 Å². The van der Waals surface area contributed by atoms with Crippen LogP contribution in [0.4, 0.5) is 0 Å². The molecule has 3 rings (SSSR count). The number of hydrogen-bond donors (Lipinski definition) is 0. The maximum atomic E-state index is 12.6. The summed E-state index contributed by atoms with van der Waals surface area (Å²) in [6.45, 7) is 5.36. The van der Waals surface area contributed by atoms with Gasteiger partial charge in [-0.1, -0.05) is 0 Å². The molecule has 1 atom stereocenters. The lowest BCUT2D eigenvalue weighted by Crippen LogP contribution is -2.39. The summed E-state index contributed by atoms with van der Waals surface area (Å²) in [5, 5.41) is 0. The largest absolute Gasteiger partial charge is 0.338 e. The monoisotopic (exact) mass is 296 g/mol.